The first-order chi connectivity index (χ1) is 9.60. The molecule has 20 heavy (non-hydrogen) atoms. The van der Waals surface area contributed by atoms with E-state index in [9.17, 15) is 10.1 Å². The Hall–Kier alpha value is -2.14. The van der Waals surface area contributed by atoms with Crippen LogP contribution < -0.4 is 5.73 Å². The second kappa shape index (κ2) is 6.34. The van der Waals surface area contributed by atoms with Gasteiger partial charge in [-0.1, -0.05) is 25.1 Å². The van der Waals surface area contributed by atoms with Gasteiger partial charge in [0.25, 0.3) is 5.69 Å². The molecule has 1 heterocycles. The summed E-state index contributed by atoms with van der Waals surface area (Å²) in [5, 5.41) is 11.0. The van der Waals surface area contributed by atoms with Gasteiger partial charge in [-0.3, -0.25) is 10.1 Å². The Labute approximate surface area is 118 Å². The quantitative estimate of drug-likeness (QED) is 0.649. The van der Waals surface area contributed by atoms with Gasteiger partial charge in [-0.15, -0.1) is 0 Å². The van der Waals surface area contributed by atoms with Crippen LogP contribution in [0.3, 0.4) is 0 Å². The number of nitrogens with two attached hydrogens (primary N) is 1. The molecule has 2 aromatic rings. The molecule has 1 atom stereocenters. The highest BCUT2D eigenvalue weighted by Crippen LogP contribution is 2.19. The lowest BCUT2D eigenvalue weighted by atomic mass is 10.1. The summed E-state index contributed by atoms with van der Waals surface area (Å²) in [5.74, 6) is 0. The van der Waals surface area contributed by atoms with E-state index in [-0.39, 0.29) is 16.7 Å². The molecule has 0 aliphatic heterocycles. The summed E-state index contributed by atoms with van der Waals surface area (Å²) < 4.78 is 1.96. The van der Waals surface area contributed by atoms with Crippen molar-refractivity contribution in [3.63, 3.8) is 0 Å². The molecule has 1 aromatic heterocycles. The van der Waals surface area contributed by atoms with Gasteiger partial charge in [0.1, 0.15) is 0 Å². The summed E-state index contributed by atoms with van der Waals surface area (Å²) in [5.41, 5.74) is 7.96. The highest BCUT2D eigenvalue weighted by Gasteiger charge is 2.12. The van der Waals surface area contributed by atoms with Gasteiger partial charge in [0.05, 0.1) is 11.5 Å². The molecule has 1 unspecified atom stereocenters. The average Bonchev–Trinajstić information content (AvgIpc) is 2.86. The summed E-state index contributed by atoms with van der Waals surface area (Å²) >= 11 is 0. The van der Waals surface area contributed by atoms with Crippen molar-refractivity contribution < 1.29 is 4.92 Å². The molecular weight excluding hydrogens is 254 g/mol. The molecule has 0 saturated carbocycles. The summed E-state index contributed by atoms with van der Waals surface area (Å²) in [6.07, 6.45) is 5.72. The van der Waals surface area contributed by atoms with Crippen LogP contribution in [0.4, 0.5) is 5.69 Å². The molecular formula is C15H19N3O2. The van der Waals surface area contributed by atoms with Crippen LogP contribution in [0.25, 0.3) is 0 Å². The number of nitrogens with zero attached hydrogens (tertiary/aromatic N) is 2. The highest BCUT2D eigenvalue weighted by molar-refractivity contribution is 5.40. The highest BCUT2D eigenvalue weighted by atomic mass is 16.6. The van der Waals surface area contributed by atoms with Crippen LogP contribution in [-0.2, 0) is 13.0 Å². The molecule has 0 fully saturated rings. The van der Waals surface area contributed by atoms with Crippen molar-refractivity contribution in [1.29, 1.82) is 0 Å². The van der Waals surface area contributed by atoms with Gasteiger partial charge in [0.15, 0.2) is 0 Å². The predicted octanol–water partition coefficient (Wildman–Crippen LogP) is 2.72. The Bertz CT molecular complexity index is 592. The Morgan fingerprint density at radius 3 is 2.80 bits per heavy atom. The molecule has 0 spiro atoms. The number of rotatable bonds is 6. The fourth-order valence-electron chi connectivity index (χ4n) is 2.18. The first kappa shape index (κ1) is 14.3. The van der Waals surface area contributed by atoms with Crippen LogP contribution in [-0.4, -0.2) is 15.5 Å². The maximum atomic E-state index is 11.0. The van der Waals surface area contributed by atoms with Crippen molar-refractivity contribution in [2.24, 2.45) is 5.73 Å². The van der Waals surface area contributed by atoms with E-state index in [2.05, 4.69) is 6.92 Å². The number of para-hydroxylation sites is 1. The second-order valence-corrected chi connectivity index (χ2v) is 4.95. The third-order valence-corrected chi connectivity index (χ3v) is 3.38. The normalized spacial score (nSPS) is 12.3. The standard InChI is InChI=1S/C15H19N3O2/c1-2-14(16)9-12-7-8-17(10-12)11-13-5-3-4-6-15(13)18(19)20/h3-8,10,14H,2,9,11,16H2,1H3. The minimum Gasteiger partial charge on any atom is -0.349 e. The van der Waals surface area contributed by atoms with Crippen molar-refractivity contribution in [2.45, 2.75) is 32.4 Å². The number of aromatic nitrogens is 1. The van der Waals surface area contributed by atoms with Crippen LogP contribution in [0, 0.1) is 10.1 Å². The number of hydrogen-bond acceptors (Lipinski definition) is 3. The number of nitro benzene ring substituents is 1. The predicted molar refractivity (Wildman–Crippen MR) is 78.6 cm³/mol. The summed E-state index contributed by atoms with van der Waals surface area (Å²) in [6, 6.07) is 9.01. The smallest absolute Gasteiger partial charge is 0.274 e. The molecule has 0 aliphatic carbocycles. The average molecular weight is 273 g/mol. The van der Waals surface area contributed by atoms with Crippen molar-refractivity contribution in [3.05, 3.63) is 64.0 Å². The Morgan fingerprint density at radius 2 is 2.10 bits per heavy atom. The van der Waals surface area contributed by atoms with E-state index >= 15 is 0 Å². The molecule has 0 bridgehead atoms. The Balaban J connectivity index is 2.13. The van der Waals surface area contributed by atoms with E-state index in [1.807, 2.05) is 29.1 Å². The van der Waals surface area contributed by atoms with Gasteiger partial charge < -0.3 is 10.3 Å². The maximum absolute atomic E-state index is 11.0. The third kappa shape index (κ3) is 3.45. The molecule has 0 radical (unpaired) electrons. The summed E-state index contributed by atoms with van der Waals surface area (Å²) in [4.78, 5) is 10.6. The second-order valence-electron chi connectivity index (χ2n) is 4.95. The third-order valence-electron chi connectivity index (χ3n) is 3.38. The molecule has 106 valence electrons. The van der Waals surface area contributed by atoms with Crippen molar-refractivity contribution in [3.8, 4) is 0 Å². The lowest BCUT2D eigenvalue weighted by molar-refractivity contribution is -0.385. The Morgan fingerprint density at radius 1 is 1.35 bits per heavy atom. The van der Waals surface area contributed by atoms with Crippen molar-refractivity contribution in [1.82, 2.24) is 4.57 Å². The molecule has 2 rings (SSSR count). The minimum absolute atomic E-state index is 0.160. The maximum Gasteiger partial charge on any atom is 0.274 e. The van der Waals surface area contributed by atoms with Crippen LogP contribution in [0.5, 0.6) is 0 Å². The molecule has 1 aromatic carbocycles. The van der Waals surface area contributed by atoms with Gasteiger partial charge in [0.2, 0.25) is 0 Å². The first-order valence-corrected chi connectivity index (χ1v) is 6.72. The molecule has 2 N–H and O–H groups in total. The molecule has 0 amide bonds. The van der Waals surface area contributed by atoms with E-state index in [0.717, 1.165) is 18.4 Å². The van der Waals surface area contributed by atoms with Crippen molar-refractivity contribution >= 4 is 5.69 Å². The van der Waals surface area contributed by atoms with Crippen LogP contribution in [0.2, 0.25) is 0 Å². The first-order valence-electron chi connectivity index (χ1n) is 6.72. The van der Waals surface area contributed by atoms with E-state index < -0.39 is 0 Å². The zero-order valence-electron chi connectivity index (χ0n) is 11.5. The van der Waals surface area contributed by atoms with Gasteiger partial charge in [0, 0.05) is 30.1 Å². The largest absolute Gasteiger partial charge is 0.349 e. The summed E-state index contributed by atoms with van der Waals surface area (Å²) in [7, 11) is 0. The SMILES string of the molecule is CCC(N)Cc1ccn(Cc2ccccc2[N+](=O)[O-])c1. The minimum atomic E-state index is -0.341. The zero-order valence-corrected chi connectivity index (χ0v) is 11.5. The van der Waals surface area contributed by atoms with Gasteiger partial charge in [-0.25, -0.2) is 0 Å². The van der Waals surface area contributed by atoms with Crippen LogP contribution in [0.15, 0.2) is 42.7 Å². The zero-order chi connectivity index (χ0) is 14.5. The van der Waals surface area contributed by atoms with E-state index in [4.69, 9.17) is 5.73 Å². The Kier molecular flexibility index (Phi) is 4.53. The molecule has 5 heteroatoms. The summed E-state index contributed by atoms with van der Waals surface area (Å²) in [6.45, 7) is 2.56. The lowest BCUT2D eigenvalue weighted by Gasteiger charge is -2.06. The molecule has 0 aliphatic rings. The van der Waals surface area contributed by atoms with Crippen LogP contribution >= 0.6 is 0 Å². The van der Waals surface area contributed by atoms with Gasteiger partial charge in [-0.05, 0) is 24.5 Å². The van der Waals surface area contributed by atoms with Crippen LogP contribution in [0.1, 0.15) is 24.5 Å². The number of hydrogen-bond donors (Lipinski definition) is 1. The topological polar surface area (TPSA) is 74.1 Å². The van der Waals surface area contributed by atoms with E-state index in [1.165, 1.54) is 6.07 Å². The fourth-order valence-corrected chi connectivity index (χ4v) is 2.18. The molecule has 5 nitrogen and oxygen atoms in total. The van der Waals surface area contributed by atoms with Crippen molar-refractivity contribution in [2.75, 3.05) is 0 Å². The number of benzene rings is 1. The number of nitro groups is 1. The molecule has 0 saturated heterocycles. The fraction of sp³-hybridized carbons (Fsp3) is 0.333. The van der Waals surface area contributed by atoms with E-state index in [0.29, 0.717) is 12.1 Å². The van der Waals surface area contributed by atoms with Gasteiger partial charge in [-0.2, -0.15) is 0 Å². The monoisotopic (exact) mass is 273 g/mol. The van der Waals surface area contributed by atoms with Gasteiger partial charge >= 0.3 is 0 Å². The lowest BCUT2D eigenvalue weighted by Crippen LogP contribution is -2.21. The van der Waals surface area contributed by atoms with E-state index in [1.54, 1.807) is 12.1 Å².